The van der Waals surface area contributed by atoms with E-state index in [9.17, 15) is 4.79 Å². The fraction of sp³-hybridized carbons (Fsp3) is 0.409. The van der Waals surface area contributed by atoms with Gasteiger partial charge in [-0.2, -0.15) is 0 Å². The summed E-state index contributed by atoms with van der Waals surface area (Å²) in [7, 11) is 1.88. The van der Waals surface area contributed by atoms with Crippen LogP contribution >= 0.6 is 23.2 Å². The van der Waals surface area contributed by atoms with Crippen molar-refractivity contribution in [2.24, 2.45) is 0 Å². The largest absolute Gasteiger partial charge is 0.335 e. The van der Waals surface area contributed by atoms with Gasteiger partial charge in [0.1, 0.15) is 0 Å². The Bertz CT molecular complexity index is 823. The Balaban J connectivity index is 1.52. The SMILES string of the molecule is CN(C(=O)CC1=CC=C(Cl)[C@H](Cl)[C@H]1N1CCCC1)C1C=Cc2ccccc21. The molecule has 27 heavy (non-hydrogen) atoms. The highest BCUT2D eigenvalue weighted by Crippen LogP contribution is 2.36. The van der Waals surface area contributed by atoms with Gasteiger partial charge in [0.25, 0.3) is 0 Å². The van der Waals surface area contributed by atoms with Crippen LogP contribution in [0, 0.1) is 0 Å². The third-order valence-corrected chi connectivity index (χ3v) is 6.80. The predicted molar refractivity (Wildman–Crippen MR) is 112 cm³/mol. The average Bonchev–Trinajstić information content (AvgIpc) is 3.34. The maximum atomic E-state index is 13.1. The minimum absolute atomic E-state index is 0.00550. The molecule has 0 radical (unpaired) electrons. The van der Waals surface area contributed by atoms with Crippen LogP contribution in [-0.4, -0.2) is 47.3 Å². The lowest BCUT2D eigenvalue weighted by Gasteiger charge is -2.36. The van der Waals surface area contributed by atoms with Crippen molar-refractivity contribution in [3.63, 3.8) is 0 Å². The number of allylic oxidation sites excluding steroid dienone is 2. The second-order valence-corrected chi connectivity index (χ2v) is 8.40. The van der Waals surface area contributed by atoms with Gasteiger partial charge >= 0.3 is 0 Å². The standard InChI is InChI=1S/C22H24Cl2N2O/c1-25(19-11-9-15-6-2-3-7-17(15)19)20(27)14-16-8-10-18(23)21(24)22(16)26-12-4-5-13-26/h2-3,6-11,19,21-22H,4-5,12-14H2,1H3/t19?,21-,22-/m0/s1. The maximum Gasteiger partial charge on any atom is 0.227 e. The molecule has 1 saturated heterocycles. The molecule has 0 spiro atoms. The van der Waals surface area contributed by atoms with Crippen LogP contribution < -0.4 is 0 Å². The Morgan fingerprint density at radius 2 is 1.96 bits per heavy atom. The van der Waals surface area contributed by atoms with Crippen molar-refractivity contribution in [1.82, 2.24) is 9.80 Å². The first-order valence-corrected chi connectivity index (χ1v) is 10.3. The molecule has 0 aromatic heterocycles. The van der Waals surface area contributed by atoms with Gasteiger partial charge in [0.05, 0.1) is 17.5 Å². The first-order chi connectivity index (χ1) is 13.1. The van der Waals surface area contributed by atoms with E-state index in [1.54, 1.807) is 0 Å². The molecule has 0 N–H and O–H groups in total. The monoisotopic (exact) mass is 402 g/mol. The summed E-state index contributed by atoms with van der Waals surface area (Å²) in [4.78, 5) is 17.3. The third-order valence-electron chi connectivity index (χ3n) is 5.85. The molecule has 3 nitrogen and oxygen atoms in total. The van der Waals surface area contributed by atoms with Crippen molar-refractivity contribution < 1.29 is 4.79 Å². The molecule has 2 aliphatic carbocycles. The van der Waals surface area contributed by atoms with Crippen molar-refractivity contribution in [2.45, 2.75) is 36.7 Å². The molecule has 1 heterocycles. The molecule has 1 fully saturated rings. The summed E-state index contributed by atoms with van der Waals surface area (Å²) < 4.78 is 0. The quantitative estimate of drug-likeness (QED) is 0.679. The van der Waals surface area contributed by atoms with Crippen LogP contribution in [-0.2, 0) is 4.79 Å². The molecule has 1 aromatic rings. The third kappa shape index (κ3) is 3.61. The van der Waals surface area contributed by atoms with Crippen LogP contribution in [0.15, 0.2) is 53.1 Å². The summed E-state index contributed by atoms with van der Waals surface area (Å²) in [5.41, 5.74) is 3.43. The van der Waals surface area contributed by atoms with Gasteiger partial charge in [-0.05, 0) is 48.7 Å². The number of carbonyl (C=O) groups excluding carboxylic acids is 1. The van der Waals surface area contributed by atoms with E-state index in [0.717, 1.165) is 18.7 Å². The topological polar surface area (TPSA) is 23.6 Å². The molecule has 1 aromatic carbocycles. The van der Waals surface area contributed by atoms with Crippen LogP contribution in [0.2, 0.25) is 0 Å². The molecule has 4 rings (SSSR count). The molecule has 1 aliphatic heterocycles. The molecular weight excluding hydrogens is 379 g/mol. The van der Waals surface area contributed by atoms with Crippen LogP contribution in [0.5, 0.6) is 0 Å². The van der Waals surface area contributed by atoms with E-state index in [-0.39, 0.29) is 23.4 Å². The van der Waals surface area contributed by atoms with Gasteiger partial charge in [-0.3, -0.25) is 9.69 Å². The van der Waals surface area contributed by atoms with E-state index in [1.807, 2.05) is 36.2 Å². The fourth-order valence-corrected chi connectivity index (χ4v) is 4.92. The lowest BCUT2D eigenvalue weighted by Crippen LogP contribution is -2.44. The molecule has 3 aliphatic rings. The number of benzene rings is 1. The summed E-state index contributed by atoms with van der Waals surface area (Å²) in [5, 5.41) is 0.376. The van der Waals surface area contributed by atoms with Gasteiger partial charge in [0.2, 0.25) is 5.91 Å². The normalized spacial score (nSPS) is 27.3. The highest BCUT2D eigenvalue weighted by Gasteiger charge is 2.36. The van der Waals surface area contributed by atoms with Gasteiger partial charge in [-0.1, -0.05) is 54.1 Å². The van der Waals surface area contributed by atoms with E-state index in [2.05, 4.69) is 29.2 Å². The van der Waals surface area contributed by atoms with E-state index < -0.39 is 0 Å². The zero-order chi connectivity index (χ0) is 19.0. The summed E-state index contributed by atoms with van der Waals surface area (Å²) >= 11 is 13.0. The lowest BCUT2D eigenvalue weighted by molar-refractivity contribution is -0.130. The average molecular weight is 403 g/mol. The number of hydrogen-bond acceptors (Lipinski definition) is 2. The van der Waals surface area contributed by atoms with Crippen LogP contribution in [0.25, 0.3) is 6.08 Å². The highest BCUT2D eigenvalue weighted by molar-refractivity contribution is 6.38. The summed E-state index contributed by atoms with van der Waals surface area (Å²) in [6.07, 6.45) is 10.7. The number of alkyl halides is 1. The van der Waals surface area contributed by atoms with Gasteiger partial charge in [-0.15, -0.1) is 11.6 Å². The molecule has 3 atom stereocenters. The molecule has 1 unspecified atom stereocenters. The summed E-state index contributed by atoms with van der Waals surface area (Å²) in [6.45, 7) is 2.02. The number of hydrogen-bond donors (Lipinski definition) is 0. The Hall–Kier alpha value is -1.55. The number of carbonyl (C=O) groups is 1. The molecule has 142 valence electrons. The van der Waals surface area contributed by atoms with Crippen molar-refractivity contribution >= 4 is 35.2 Å². The number of halogens is 2. The zero-order valence-electron chi connectivity index (χ0n) is 15.4. The van der Waals surface area contributed by atoms with Crippen molar-refractivity contribution in [3.8, 4) is 0 Å². The molecule has 1 amide bonds. The Kier molecular flexibility index (Phi) is 5.45. The minimum atomic E-state index is -0.282. The Morgan fingerprint density at radius 3 is 2.74 bits per heavy atom. The van der Waals surface area contributed by atoms with Crippen LogP contribution in [0.3, 0.4) is 0 Å². The van der Waals surface area contributed by atoms with Crippen molar-refractivity contribution in [1.29, 1.82) is 0 Å². The number of amides is 1. The van der Waals surface area contributed by atoms with Gasteiger partial charge in [0, 0.05) is 18.5 Å². The minimum Gasteiger partial charge on any atom is -0.335 e. The number of likely N-dealkylation sites (N-methyl/N-ethyl adjacent to an activating group) is 1. The number of fused-ring (bicyclic) bond motifs is 1. The van der Waals surface area contributed by atoms with E-state index in [1.165, 1.54) is 24.0 Å². The molecule has 0 bridgehead atoms. The van der Waals surface area contributed by atoms with E-state index in [4.69, 9.17) is 23.2 Å². The molecule has 0 saturated carbocycles. The van der Waals surface area contributed by atoms with Crippen LogP contribution in [0.1, 0.15) is 36.4 Å². The fourth-order valence-electron chi connectivity index (χ4n) is 4.34. The van der Waals surface area contributed by atoms with E-state index >= 15 is 0 Å². The number of nitrogens with zero attached hydrogens (tertiary/aromatic N) is 2. The highest BCUT2D eigenvalue weighted by atomic mass is 35.5. The Labute approximate surface area is 170 Å². The van der Waals surface area contributed by atoms with Crippen molar-refractivity contribution in [2.75, 3.05) is 20.1 Å². The summed E-state index contributed by atoms with van der Waals surface area (Å²) in [5.74, 6) is 0.104. The first-order valence-electron chi connectivity index (χ1n) is 9.53. The van der Waals surface area contributed by atoms with Crippen molar-refractivity contribution in [3.05, 3.63) is 64.2 Å². The Morgan fingerprint density at radius 1 is 1.22 bits per heavy atom. The van der Waals surface area contributed by atoms with Gasteiger partial charge in [-0.25, -0.2) is 0 Å². The molecule has 5 heteroatoms. The smallest absolute Gasteiger partial charge is 0.227 e. The second kappa shape index (κ2) is 7.83. The maximum absolute atomic E-state index is 13.1. The van der Waals surface area contributed by atoms with Gasteiger partial charge in [0.15, 0.2) is 0 Å². The summed E-state index contributed by atoms with van der Waals surface area (Å²) in [6, 6.07) is 8.23. The molecular formula is C22H24Cl2N2O. The number of likely N-dealkylation sites (tertiary alicyclic amines) is 1. The lowest BCUT2D eigenvalue weighted by atomic mass is 9.93. The predicted octanol–water partition coefficient (Wildman–Crippen LogP) is 4.74. The second-order valence-electron chi connectivity index (χ2n) is 7.50. The van der Waals surface area contributed by atoms with E-state index in [0.29, 0.717) is 11.5 Å². The van der Waals surface area contributed by atoms with Crippen LogP contribution in [0.4, 0.5) is 0 Å². The van der Waals surface area contributed by atoms with Gasteiger partial charge < -0.3 is 4.90 Å². The first kappa shape index (κ1) is 18.8. The number of rotatable bonds is 4. The zero-order valence-corrected chi connectivity index (χ0v) is 17.0.